The molecule has 3 aromatic carbocycles. The van der Waals surface area contributed by atoms with E-state index in [-0.39, 0.29) is 11.3 Å². The second-order valence-corrected chi connectivity index (χ2v) is 10.1. The number of amides is 1. The number of carbonyl (C=O) groups is 2. The number of carbonyl (C=O) groups excluding carboxylic acids is 2. The Labute approximate surface area is 231 Å². The van der Waals surface area contributed by atoms with Crippen molar-refractivity contribution in [1.82, 2.24) is 4.98 Å². The first kappa shape index (κ1) is 26.2. The summed E-state index contributed by atoms with van der Waals surface area (Å²) in [6.45, 7) is 5.05. The van der Waals surface area contributed by atoms with Crippen LogP contribution in [0.15, 0.2) is 89.9 Å². The third kappa shape index (κ3) is 5.56. The number of aryl methyl sites for hydroxylation is 1. The van der Waals surface area contributed by atoms with E-state index in [2.05, 4.69) is 11.1 Å². The zero-order chi connectivity index (χ0) is 27.4. The molecule has 4 aromatic rings. The molecule has 5 rings (SSSR count). The minimum atomic E-state index is -0.839. The Bertz CT molecular complexity index is 1490. The molecular weight excluding hydrogens is 512 g/mol. The third-order valence-corrected chi connectivity index (χ3v) is 7.12. The van der Waals surface area contributed by atoms with Gasteiger partial charge >= 0.3 is 5.91 Å². The summed E-state index contributed by atoms with van der Waals surface area (Å²) in [5.41, 5.74) is 3.28. The standard InChI is InChI=1S/C31H28N2O5S/c1-3-16-37-24-11-7-22(8-12-24)27-26(29(35)30(36)33(27)31-32-15-17-39-31)28(34)23-9-13-25(14-10-23)38-19-21-6-4-5-20(2)18-21/h4-15,17-18,27,34H,3,16,19H2,1-2H3/b28-26+. The Kier molecular flexibility index (Phi) is 7.74. The summed E-state index contributed by atoms with van der Waals surface area (Å²) in [6, 6.07) is 21.3. The van der Waals surface area contributed by atoms with Crippen molar-refractivity contribution in [3.8, 4) is 11.5 Å². The first-order chi connectivity index (χ1) is 19.0. The molecule has 0 saturated carbocycles. The molecule has 1 aliphatic heterocycles. The van der Waals surface area contributed by atoms with Crippen LogP contribution >= 0.6 is 11.3 Å². The number of ketones is 1. The van der Waals surface area contributed by atoms with Gasteiger partial charge in [-0.2, -0.15) is 0 Å². The van der Waals surface area contributed by atoms with Crippen LogP contribution in [0.4, 0.5) is 5.13 Å². The molecule has 0 spiro atoms. The highest BCUT2D eigenvalue weighted by atomic mass is 32.1. The molecule has 1 fully saturated rings. The third-order valence-electron chi connectivity index (χ3n) is 6.35. The maximum absolute atomic E-state index is 13.3. The van der Waals surface area contributed by atoms with E-state index in [1.165, 1.54) is 16.2 Å². The number of aromatic nitrogens is 1. The smallest absolute Gasteiger partial charge is 0.301 e. The molecule has 7 nitrogen and oxygen atoms in total. The van der Waals surface area contributed by atoms with Crippen LogP contribution in [-0.4, -0.2) is 28.4 Å². The molecular formula is C31H28N2O5S. The van der Waals surface area contributed by atoms with Gasteiger partial charge in [-0.25, -0.2) is 4.98 Å². The average Bonchev–Trinajstić information content (AvgIpc) is 3.57. The molecule has 0 bridgehead atoms. The SMILES string of the molecule is CCCOc1ccc(C2/C(=C(\O)c3ccc(OCc4cccc(C)c4)cc3)C(=O)C(=O)N2c2nccs2)cc1. The number of rotatable bonds is 9. The molecule has 1 amide bonds. The molecule has 1 aromatic heterocycles. The molecule has 8 heteroatoms. The van der Waals surface area contributed by atoms with Gasteiger partial charge in [-0.15, -0.1) is 11.3 Å². The van der Waals surface area contributed by atoms with E-state index < -0.39 is 17.7 Å². The summed E-state index contributed by atoms with van der Waals surface area (Å²) in [5, 5.41) is 13.5. The van der Waals surface area contributed by atoms with Crippen molar-refractivity contribution in [3.63, 3.8) is 0 Å². The van der Waals surface area contributed by atoms with Gasteiger partial charge in [0, 0.05) is 17.1 Å². The number of Topliss-reactive ketones (excluding diaryl/α,β-unsaturated/α-hetero) is 1. The first-order valence-corrected chi connectivity index (χ1v) is 13.6. The predicted molar refractivity (Wildman–Crippen MR) is 151 cm³/mol. The molecule has 39 heavy (non-hydrogen) atoms. The predicted octanol–water partition coefficient (Wildman–Crippen LogP) is 6.45. The number of hydrogen-bond donors (Lipinski definition) is 1. The monoisotopic (exact) mass is 540 g/mol. The van der Waals surface area contributed by atoms with Crippen LogP contribution in [0.2, 0.25) is 0 Å². The Morgan fingerprint density at radius 2 is 1.72 bits per heavy atom. The van der Waals surface area contributed by atoms with E-state index in [1.54, 1.807) is 60.1 Å². The summed E-state index contributed by atoms with van der Waals surface area (Å²) >= 11 is 1.25. The lowest BCUT2D eigenvalue weighted by atomic mass is 9.95. The summed E-state index contributed by atoms with van der Waals surface area (Å²) in [4.78, 5) is 32.1. The topological polar surface area (TPSA) is 89.0 Å². The van der Waals surface area contributed by atoms with Gasteiger partial charge in [0.25, 0.3) is 5.78 Å². The van der Waals surface area contributed by atoms with Crippen LogP contribution in [-0.2, 0) is 16.2 Å². The van der Waals surface area contributed by atoms with E-state index in [1.807, 2.05) is 32.0 Å². The Hall–Kier alpha value is -4.43. The second-order valence-electron chi connectivity index (χ2n) is 9.20. The average molecular weight is 541 g/mol. The van der Waals surface area contributed by atoms with Crippen LogP contribution in [0.25, 0.3) is 5.76 Å². The van der Waals surface area contributed by atoms with E-state index >= 15 is 0 Å². The van der Waals surface area contributed by atoms with Crippen molar-refractivity contribution in [1.29, 1.82) is 0 Å². The molecule has 2 heterocycles. The van der Waals surface area contributed by atoms with Gasteiger partial charge < -0.3 is 14.6 Å². The van der Waals surface area contributed by atoms with E-state index in [4.69, 9.17) is 9.47 Å². The maximum Gasteiger partial charge on any atom is 0.301 e. The number of aliphatic hydroxyl groups is 1. The zero-order valence-electron chi connectivity index (χ0n) is 21.7. The van der Waals surface area contributed by atoms with Crippen LogP contribution in [0, 0.1) is 6.92 Å². The highest BCUT2D eigenvalue weighted by Gasteiger charge is 2.48. The van der Waals surface area contributed by atoms with Crippen LogP contribution in [0.5, 0.6) is 11.5 Å². The Morgan fingerprint density at radius 1 is 1.00 bits per heavy atom. The van der Waals surface area contributed by atoms with Gasteiger partial charge in [0.1, 0.15) is 23.9 Å². The van der Waals surface area contributed by atoms with Crippen LogP contribution in [0.3, 0.4) is 0 Å². The van der Waals surface area contributed by atoms with Crippen molar-refractivity contribution >= 4 is 33.9 Å². The van der Waals surface area contributed by atoms with Crippen molar-refractivity contribution in [3.05, 3.63) is 112 Å². The number of ether oxygens (including phenoxy) is 2. The molecule has 0 radical (unpaired) electrons. The first-order valence-electron chi connectivity index (χ1n) is 12.7. The summed E-state index contributed by atoms with van der Waals surface area (Å²) in [7, 11) is 0. The van der Waals surface area contributed by atoms with E-state index in [0.717, 1.165) is 17.5 Å². The van der Waals surface area contributed by atoms with Gasteiger partial charge in [0.15, 0.2) is 5.13 Å². The number of thiazole rings is 1. The Morgan fingerprint density at radius 3 is 2.38 bits per heavy atom. The Balaban J connectivity index is 1.47. The molecule has 0 aliphatic carbocycles. The van der Waals surface area contributed by atoms with Gasteiger partial charge in [0.2, 0.25) is 0 Å². The number of anilines is 1. The van der Waals surface area contributed by atoms with Crippen molar-refractivity contribution in [2.75, 3.05) is 11.5 Å². The quantitative estimate of drug-likeness (QED) is 0.149. The van der Waals surface area contributed by atoms with Crippen LogP contribution < -0.4 is 14.4 Å². The minimum absolute atomic E-state index is 0.00542. The van der Waals surface area contributed by atoms with Crippen molar-refractivity contribution in [2.24, 2.45) is 0 Å². The molecule has 1 saturated heterocycles. The molecule has 1 aliphatic rings. The lowest BCUT2D eigenvalue weighted by Gasteiger charge is -2.23. The van der Waals surface area contributed by atoms with Gasteiger partial charge in [-0.05, 0) is 60.9 Å². The normalized spacial score (nSPS) is 16.5. The summed E-state index contributed by atoms with van der Waals surface area (Å²) in [5.74, 6) is -0.447. The van der Waals surface area contributed by atoms with Crippen molar-refractivity contribution in [2.45, 2.75) is 32.9 Å². The summed E-state index contributed by atoms with van der Waals surface area (Å²) in [6.07, 6.45) is 2.45. The fraction of sp³-hybridized carbons (Fsp3) is 0.194. The molecule has 198 valence electrons. The highest BCUT2D eigenvalue weighted by Crippen LogP contribution is 2.43. The zero-order valence-corrected chi connectivity index (χ0v) is 22.5. The molecule has 1 unspecified atom stereocenters. The van der Waals surface area contributed by atoms with E-state index in [0.29, 0.717) is 41.0 Å². The van der Waals surface area contributed by atoms with E-state index in [9.17, 15) is 14.7 Å². The fourth-order valence-electron chi connectivity index (χ4n) is 4.48. The van der Waals surface area contributed by atoms with Gasteiger partial charge in [-0.1, -0.05) is 48.9 Å². The highest BCUT2D eigenvalue weighted by molar-refractivity contribution is 7.14. The van der Waals surface area contributed by atoms with Crippen LogP contribution in [0.1, 0.15) is 41.6 Å². The number of hydrogen-bond acceptors (Lipinski definition) is 7. The molecule has 1 N–H and O–H groups in total. The lowest BCUT2D eigenvalue weighted by molar-refractivity contribution is -0.132. The second kappa shape index (κ2) is 11.5. The number of aliphatic hydroxyl groups excluding tert-OH is 1. The number of benzene rings is 3. The summed E-state index contributed by atoms with van der Waals surface area (Å²) < 4.78 is 11.6. The molecule has 1 atom stereocenters. The van der Waals surface area contributed by atoms with Gasteiger partial charge in [-0.3, -0.25) is 14.5 Å². The maximum atomic E-state index is 13.3. The van der Waals surface area contributed by atoms with Crippen molar-refractivity contribution < 1.29 is 24.2 Å². The largest absolute Gasteiger partial charge is 0.507 e. The number of nitrogens with zero attached hydrogens (tertiary/aromatic N) is 2. The fourth-order valence-corrected chi connectivity index (χ4v) is 5.15. The minimum Gasteiger partial charge on any atom is -0.507 e. The lowest BCUT2D eigenvalue weighted by Crippen LogP contribution is -2.29. The van der Waals surface area contributed by atoms with Gasteiger partial charge in [0.05, 0.1) is 18.2 Å².